The third kappa shape index (κ3) is 2.89. The zero-order chi connectivity index (χ0) is 17.5. The van der Waals surface area contributed by atoms with E-state index in [4.69, 9.17) is 0 Å². The molecule has 9 heteroatoms. The second-order valence-electron chi connectivity index (χ2n) is 5.97. The minimum atomic E-state index is -3.72. The van der Waals surface area contributed by atoms with E-state index in [2.05, 4.69) is 5.32 Å². The molecule has 3 rings (SSSR count). The average molecular weight is 355 g/mol. The highest BCUT2D eigenvalue weighted by molar-refractivity contribution is 7.89. The molecule has 0 bridgehead atoms. The van der Waals surface area contributed by atoms with Crippen LogP contribution in [0.15, 0.2) is 23.1 Å². The van der Waals surface area contributed by atoms with Gasteiger partial charge in [0.1, 0.15) is 5.82 Å². The van der Waals surface area contributed by atoms with Gasteiger partial charge in [0.15, 0.2) is 0 Å². The van der Waals surface area contributed by atoms with Crippen LogP contribution in [0.2, 0.25) is 0 Å². The van der Waals surface area contributed by atoms with E-state index >= 15 is 0 Å². The maximum absolute atomic E-state index is 13.2. The van der Waals surface area contributed by atoms with Crippen molar-refractivity contribution in [2.75, 3.05) is 19.6 Å². The molecule has 7 nitrogen and oxygen atoms in total. The van der Waals surface area contributed by atoms with E-state index in [-0.39, 0.29) is 36.5 Å². The number of rotatable bonds is 3. The minimum Gasteiger partial charge on any atom is -0.329 e. The molecule has 1 aromatic rings. The summed E-state index contributed by atoms with van der Waals surface area (Å²) in [4.78, 5) is 24.7. The van der Waals surface area contributed by atoms with Crippen LogP contribution in [-0.2, 0) is 14.8 Å². The summed E-state index contributed by atoms with van der Waals surface area (Å²) in [6.07, 6.45) is 0.775. The number of carbonyl (C=O) groups excluding carboxylic acids is 2. The summed E-state index contributed by atoms with van der Waals surface area (Å²) < 4.78 is 40.0. The van der Waals surface area contributed by atoms with Crippen LogP contribution in [0, 0.1) is 12.7 Å². The van der Waals surface area contributed by atoms with Crippen LogP contribution in [-0.4, -0.2) is 55.2 Å². The Hall–Kier alpha value is -2.00. The molecule has 0 radical (unpaired) electrons. The summed E-state index contributed by atoms with van der Waals surface area (Å²) in [6.45, 7) is 1.96. The minimum absolute atomic E-state index is 0.00782. The molecule has 0 spiro atoms. The van der Waals surface area contributed by atoms with Crippen LogP contribution in [0.3, 0.4) is 0 Å². The second-order valence-corrected chi connectivity index (χ2v) is 7.87. The molecule has 2 saturated heterocycles. The highest BCUT2D eigenvalue weighted by Gasteiger charge is 2.39. The average Bonchev–Trinajstić information content (AvgIpc) is 2.86. The molecule has 1 aromatic carbocycles. The largest absolute Gasteiger partial charge is 0.329 e. The maximum Gasteiger partial charge on any atom is 0.324 e. The van der Waals surface area contributed by atoms with Crippen molar-refractivity contribution in [2.45, 2.75) is 30.7 Å². The van der Waals surface area contributed by atoms with Gasteiger partial charge in [-0.2, -0.15) is 4.31 Å². The lowest BCUT2D eigenvalue weighted by Gasteiger charge is -2.34. The summed E-state index contributed by atoms with van der Waals surface area (Å²) >= 11 is 0. The van der Waals surface area contributed by atoms with Crippen LogP contribution >= 0.6 is 0 Å². The Morgan fingerprint density at radius 2 is 1.88 bits per heavy atom. The predicted molar refractivity (Wildman–Crippen MR) is 83.2 cm³/mol. The van der Waals surface area contributed by atoms with Crippen molar-refractivity contribution < 1.29 is 22.4 Å². The van der Waals surface area contributed by atoms with Gasteiger partial charge in [0.05, 0.1) is 11.4 Å². The lowest BCUT2D eigenvalue weighted by Crippen LogP contribution is -2.49. The van der Waals surface area contributed by atoms with Crippen molar-refractivity contribution >= 4 is 22.0 Å². The summed E-state index contributed by atoms with van der Waals surface area (Å²) in [6, 6.07) is 2.87. The number of hydrogen-bond donors (Lipinski definition) is 1. The number of sulfonamides is 1. The zero-order valence-corrected chi connectivity index (χ0v) is 14.0. The van der Waals surface area contributed by atoms with E-state index in [0.717, 1.165) is 6.07 Å². The molecular weight excluding hydrogens is 337 g/mol. The van der Waals surface area contributed by atoms with Crippen molar-refractivity contribution in [1.82, 2.24) is 14.5 Å². The standard InChI is InChI=1S/C15H18FN3O4S/c1-10-8-11(16)2-3-13(10)24(22,23)18-6-4-12(5-7-18)19-14(20)9-17-15(19)21/h2-3,8,12H,4-7,9H2,1H3,(H,17,21). The first-order valence-electron chi connectivity index (χ1n) is 7.67. The highest BCUT2D eigenvalue weighted by Crippen LogP contribution is 2.26. The first-order valence-corrected chi connectivity index (χ1v) is 9.11. The van der Waals surface area contributed by atoms with Gasteiger partial charge in [-0.3, -0.25) is 9.69 Å². The fraction of sp³-hybridized carbons (Fsp3) is 0.467. The lowest BCUT2D eigenvalue weighted by atomic mass is 10.1. The maximum atomic E-state index is 13.2. The van der Waals surface area contributed by atoms with Crippen LogP contribution < -0.4 is 5.32 Å². The SMILES string of the molecule is Cc1cc(F)ccc1S(=O)(=O)N1CCC(N2C(=O)CNC2=O)CC1. The van der Waals surface area contributed by atoms with Gasteiger partial charge in [-0.05, 0) is 43.5 Å². The van der Waals surface area contributed by atoms with Crippen molar-refractivity contribution in [2.24, 2.45) is 0 Å². The van der Waals surface area contributed by atoms with Gasteiger partial charge >= 0.3 is 6.03 Å². The molecule has 3 amide bonds. The fourth-order valence-corrected chi connectivity index (χ4v) is 4.86. The number of urea groups is 1. The second kappa shape index (κ2) is 6.14. The summed E-state index contributed by atoms with van der Waals surface area (Å²) in [5.74, 6) is -0.764. The molecule has 2 fully saturated rings. The number of benzene rings is 1. The molecule has 0 saturated carbocycles. The number of carbonyl (C=O) groups is 2. The highest BCUT2D eigenvalue weighted by atomic mass is 32.2. The zero-order valence-electron chi connectivity index (χ0n) is 13.2. The van der Waals surface area contributed by atoms with Gasteiger partial charge in [-0.15, -0.1) is 0 Å². The Labute approximate surface area is 139 Å². The molecule has 2 aliphatic rings. The van der Waals surface area contributed by atoms with E-state index in [1.54, 1.807) is 6.92 Å². The quantitative estimate of drug-likeness (QED) is 0.814. The summed E-state index contributed by atoms with van der Waals surface area (Å²) in [5.41, 5.74) is 0.353. The molecule has 24 heavy (non-hydrogen) atoms. The van der Waals surface area contributed by atoms with Crippen molar-refractivity contribution in [3.05, 3.63) is 29.6 Å². The van der Waals surface area contributed by atoms with Crippen LogP contribution in [0.5, 0.6) is 0 Å². The Balaban J connectivity index is 1.74. The summed E-state index contributed by atoms with van der Waals surface area (Å²) in [7, 11) is -3.72. The number of hydrogen-bond acceptors (Lipinski definition) is 4. The van der Waals surface area contributed by atoms with Gasteiger partial charge < -0.3 is 5.32 Å². The molecule has 2 aliphatic heterocycles. The van der Waals surface area contributed by atoms with E-state index in [1.807, 2.05) is 0 Å². The number of amides is 3. The van der Waals surface area contributed by atoms with Gasteiger partial charge in [0, 0.05) is 19.1 Å². The Kier molecular flexibility index (Phi) is 4.31. The molecule has 0 unspecified atom stereocenters. The fourth-order valence-electron chi connectivity index (χ4n) is 3.19. The lowest BCUT2D eigenvalue weighted by molar-refractivity contribution is -0.127. The molecule has 2 heterocycles. The monoisotopic (exact) mass is 355 g/mol. The van der Waals surface area contributed by atoms with Crippen LogP contribution in [0.1, 0.15) is 18.4 Å². The molecular formula is C15H18FN3O4S. The van der Waals surface area contributed by atoms with Crippen LogP contribution in [0.4, 0.5) is 9.18 Å². The van der Waals surface area contributed by atoms with Gasteiger partial charge in [-0.1, -0.05) is 0 Å². The number of nitrogens with one attached hydrogen (secondary N) is 1. The normalized spacial score (nSPS) is 20.5. The number of piperidine rings is 1. The molecule has 0 atom stereocenters. The number of imide groups is 1. The Morgan fingerprint density at radius 3 is 2.42 bits per heavy atom. The van der Waals surface area contributed by atoms with Gasteiger partial charge in [-0.25, -0.2) is 17.6 Å². The summed E-state index contributed by atoms with van der Waals surface area (Å²) in [5, 5.41) is 2.47. The first kappa shape index (κ1) is 16.8. The van der Waals surface area contributed by atoms with Gasteiger partial charge in [0.2, 0.25) is 15.9 Å². The predicted octanol–water partition coefficient (Wildman–Crippen LogP) is 0.839. The Morgan fingerprint density at radius 1 is 1.21 bits per heavy atom. The number of halogens is 1. The molecule has 0 aromatic heterocycles. The van der Waals surface area contributed by atoms with Crippen molar-refractivity contribution in [3.63, 3.8) is 0 Å². The first-order chi connectivity index (χ1) is 11.3. The van der Waals surface area contributed by atoms with Crippen molar-refractivity contribution in [3.8, 4) is 0 Å². The molecule has 130 valence electrons. The van der Waals surface area contributed by atoms with Crippen LogP contribution in [0.25, 0.3) is 0 Å². The number of nitrogens with zero attached hydrogens (tertiary/aromatic N) is 2. The molecule has 1 N–H and O–H groups in total. The third-order valence-corrected chi connectivity index (χ3v) is 6.48. The third-order valence-electron chi connectivity index (χ3n) is 4.42. The van der Waals surface area contributed by atoms with E-state index < -0.39 is 21.9 Å². The molecule has 0 aliphatic carbocycles. The number of aryl methyl sites for hydroxylation is 1. The van der Waals surface area contributed by atoms with Crippen molar-refractivity contribution in [1.29, 1.82) is 0 Å². The smallest absolute Gasteiger partial charge is 0.324 e. The van der Waals surface area contributed by atoms with E-state index in [9.17, 15) is 22.4 Å². The topological polar surface area (TPSA) is 86.8 Å². The van der Waals surface area contributed by atoms with E-state index in [0.29, 0.717) is 18.4 Å². The van der Waals surface area contributed by atoms with E-state index in [1.165, 1.54) is 21.3 Å². The Bertz CT molecular complexity index is 772. The van der Waals surface area contributed by atoms with Gasteiger partial charge in [0.25, 0.3) is 0 Å².